The highest BCUT2D eigenvalue weighted by molar-refractivity contribution is 6.31. The van der Waals surface area contributed by atoms with Gasteiger partial charge in [0, 0.05) is 36.9 Å². The number of carbonyl (C=O) groups is 1. The summed E-state index contributed by atoms with van der Waals surface area (Å²) in [7, 11) is 0. The molecule has 1 amide bonds. The van der Waals surface area contributed by atoms with Gasteiger partial charge in [-0.05, 0) is 31.1 Å². The number of nitrogens with zero attached hydrogens (tertiary/aromatic N) is 3. The summed E-state index contributed by atoms with van der Waals surface area (Å²) >= 11 is 6.38. The average molecular weight is 363 g/mol. The average Bonchev–Trinajstić information content (AvgIpc) is 3.13. The van der Waals surface area contributed by atoms with Crippen molar-refractivity contribution in [2.24, 2.45) is 0 Å². The topological polar surface area (TPSA) is 50.2 Å². The van der Waals surface area contributed by atoms with E-state index in [1.807, 2.05) is 35.0 Å². The molecule has 1 N–H and O–H groups in total. The van der Waals surface area contributed by atoms with Gasteiger partial charge in [-0.3, -0.25) is 9.69 Å². The summed E-state index contributed by atoms with van der Waals surface area (Å²) in [6.07, 6.45) is 6.73. The Hall–Kier alpha value is -1.85. The summed E-state index contributed by atoms with van der Waals surface area (Å²) in [6.45, 7) is 7.43. The van der Waals surface area contributed by atoms with Gasteiger partial charge in [0.05, 0.1) is 12.4 Å². The number of halogens is 1. The lowest BCUT2D eigenvalue weighted by Crippen LogP contribution is -2.38. The maximum atomic E-state index is 12.2. The second kappa shape index (κ2) is 10.2. The van der Waals surface area contributed by atoms with Crippen LogP contribution in [0.1, 0.15) is 38.3 Å². The summed E-state index contributed by atoms with van der Waals surface area (Å²) in [5.41, 5.74) is 1.06. The van der Waals surface area contributed by atoms with Crippen molar-refractivity contribution < 1.29 is 4.79 Å². The molecule has 0 bridgehead atoms. The van der Waals surface area contributed by atoms with Crippen LogP contribution in [0.4, 0.5) is 0 Å². The number of likely N-dealkylation sites (N-methyl/N-ethyl adjacent to an activating group) is 1. The molecule has 0 spiro atoms. The summed E-state index contributed by atoms with van der Waals surface area (Å²) in [4.78, 5) is 18.5. The first kappa shape index (κ1) is 19.5. The first-order chi connectivity index (χ1) is 12.2. The van der Waals surface area contributed by atoms with Gasteiger partial charge in [0.2, 0.25) is 5.91 Å². The Bertz CT molecular complexity index is 641. The number of imidazole rings is 1. The Balaban J connectivity index is 1.90. The third-order valence-corrected chi connectivity index (χ3v) is 4.73. The minimum atomic E-state index is 0.0734. The number of aryl methyl sites for hydroxylation is 1. The monoisotopic (exact) mass is 362 g/mol. The van der Waals surface area contributed by atoms with Crippen LogP contribution in [0.5, 0.6) is 0 Å². The highest BCUT2D eigenvalue weighted by atomic mass is 35.5. The van der Waals surface area contributed by atoms with Gasteiger partial charge in [0.15, 0.2) is 0 Å². The second-order valence-electron chi connectivity index (χ2n) is 5.97. The number of carbonyl (C=O) groups excluding carboxylic acids is 1. The molecule has 0 aliphatic heterocycles. The number of amides is 1. The number of nitrogens with one attached hydrogen (secondary N) is 1. The maximum Gasteiger partial charge on any atom is 0.220 e. The molecule has 0 saturated heterocycles. The van der Waals surface area contributed by atoms with Crippen LogP contribution in [0, 0.1) is 0 Å². The molecule has 2 aromatic rings. The van der Waals surface area contributed by atoms with Crippen molar-refractivity contribution in [1.29, 1.82) is 0 Å². The molecule has 6 heteroatoms. The lowest BCUT2D eigenvalue weighted by molar-refractivity contribution is -0.121. The summed E-state index contributed by atoms with van der Waals surface area (Å²) in [5.74, 6) is 0.0734. The molecule has 2 rings (SSSR count). The Morgan fingerprint density at radius 1 is 1.32 bits per heavy atom. The zero-order chi connectivity index (χ0) is 18.1. The van der Waals surface area contributed by atoms with E-state index < -0.39 is 0 Å². The highest BCUT2D eigenvalue weighted by Gasteiger charge is 2.20. The van der Waals surface area contributed by atoms with Gasteiger partial charge in [-0.1, -0.05) is 43.6 Å². The number of rotatable bonds is 10. The van der Waals surface area contributed by atoms with Crippen LogP contribution in [-0.4, -0.2) is 40.0 Å². The Morgan fingerprint density at radius 2 is 2.08 bits per heavy atom. The molecular weight excluding hydrogens is 336 g/mol. The van der Waals surface area contributed by atoms with Gasteiger partial charge in [0.25, 0.3) is 0 Å². The fraction of sp³-hybridized carbons (Fsp3) is 0.474. The van der Waals surface area contributed by atoms with E-state index in [0.29, 0.717) is 13.0 Å². The van der Waals surface area contributed by atoms with Crippen LogP contribution in [-0.2, 0) is 11.3 Å². The number of hydrogen-bond donors (Lipinski definition) is 1. The number of aromatic nitrogens is 2. The lowest BCUT2D eigenvalue weighted by atomic mass is 10.0. The van der Waals surface area contributed by atoms with Gasteiger partial charge < -0.3 is 9.88 Å². The first-order valence-electron chi connectivity index (χ1n) is 8.86. The fourth-order valence-electron chi connectivity index (χ4n) is 2.99. The quantitative estimate of drug-likeness (QED) is 0.703. The Kier molecular flexibility index (Phi) is 7.95. The summed E-state index contributed by atoms with van der Waals surface area (Å²) < 4.78 is 1.98. The van der Waals surface area contributed by atoms with Gasteiger partial charge in [-0.25, -0.2) is 4.98 Å². The predicted octanol–water partition coefficient (Wildman–Crippen LogP) is 3.52. The van der Waals surface area contributed by atoms with Crippen LogP contribution in [0.25, 0.3) is 0 Å². The van der Waals surface area contributed by atoms with E-state index >= 15 is 0 Å². The molecule has 1 unspecified atom stereocenters. The van der Waals surface area contributed by atoms with Crippen molar-refractivity contribution in [1.82, 2.24) is 19.8 Å². The van der Waals surface area contributed by atoms with Gasteiger partial charge in [-0.2, -0.15) is 0 Å². The third-order valence-electron chi connectivity index (χ3n) is 4.39. The molecular formula is C19H27ClN4O. The van der Waals surface area contributed by atoms with Gasteiger partial charge in [0.1, 0.15) is 0 Å². The molecule has 0 aliphatic carbocycles. The van der Waals surface area contributed by atoms with E-state index in [-0.39, 0.29) is 11.9 Å². The molecule has 1 heterocycles. The third kappa shape index (κ3) is 5.87. The molecule has 1 aromatic carbocycles. The molecule has 0 fully saturated rings. The molecule has 0 radical (unpaired) electrons. The molecule has 5 nitrogen and oxygen atoms in total. The van der Waals surface area contributed by atoms with E-state index in [9.17, 15) is 4.79 Å². The van der Waals surface area contributed by atoms with Crippen LogP contribution >= 0.6 is 11.6 Å². The van der Waals surface area contributed by atoms with E-state index in [1.54, 1.807) is 12.5 Å². The molecule has 25 heavy (non-hydrogen) atoms. The lowest BCUT2D eigenvalue weighted by Gasteiger charge is -2.31. The molecule has 0 saturated carbocycles. The van der Waals surface area contributed by atoms with E-state index in [2.05, 4.69) is 29.0 Å². The second-order valence-corrected chi connectivity index (χ2v) is 6.37. The fourth-order valence-corrected chi connectivity index (χ4v) is 3.25. The summed E-state index contributed by atoms with van der Waals surface area (Å²) in [5, 5.41) is 3.82. The summed E-state index contributed by atoms with van der Waals surface area (Å²) in [6, 6.07) is 7.95. The minimum Gasteiger partial charge on any atom is -0.354 e. The van der Waals surface area contributed by atoms with Gasteiger partial charge in [-0.15, -0.1) is 0 Å². The standard InChI is InChI=1S/C19H27ClN4O/c1-3-24(4-2)18(16-8-5-6-9-17(16)20)14-22-19(25)10-7-12-23-13-11-21-15-23/h5-6,8-9,11,13,15,18H,3-4,7,10,12,14H2,1-2H3,(H,22,25). The largest absolute Gasteiger partial charge is 0.354 e. The SMILES string of the molecule is CCN(CC)C(CNC(=O)CCCn1ccnc1)c1ccccc1Cl. The van der Waals surface area contributed by atoms with Crippen LogP contribution < -0.4 is 5.32 Å². The van der Waals surface area contributed by atoms with Crippen molar-refractivity contribution in [3.63, 3.8) is 0 Å². The van der Waals surface area contributed by atoms with E-state index in [4.69, 9.17) is 11.6 Å². The van der Waals surface area contributed by atoms with Crippen LogP contribution in [0.2, 0.25) is 5.02 Å². The van der Waals surface area contributed by atoms with E-state index in [1.165, 1.54) is 0 Å². The molecule has 1 atom stereocenters. The number of benzene rings is 1. The smallest absolute Gasteiger partial charge is 0.220 e. The normalized spacial score (nSPS) is 12.3. The van der Waals surface area contributed by atoms with Crippen molar-refractivity contribution in [3.8, 4) is 0 Å². The molecule has 1 aromatic heterocycles. The molecule has 0 aliphatic rings. The zero-order valence-electron chi connectivity index (χ0n) is 15.0. The minimum absolute atomic E-state index is 0.0734. The van der Waals surface area contributed by atoms with Crippen LogP contribution in [0.15, 0.2) is 43.0 Å². The van der Waals surface area contributed by atoms with Gasteiger partial charge >= 0.3 is 0 Å². The van der Waals surface area contributed by atoms with Crippen molar-refractivity contribution in [3.05, 3.63) is 53.6 Å². The highest BCUT2D eigenvalue weighted by Crippen LogP contribution is 2.26. The Morgan fingerprint density at radius 3 is 2.72 bits per heavy atom. The zero-order valence-corrected chi connectivity index (χ0v) is 15.7. The molecule has 136 valence electrons. The van der Waals surface area contributed by atoms with E-state index in [0.717, 1.165) is 36.6 Å². The first-order valence-corrected chi connectivity index (χ1v) is 9.24. The van der Waals surface area contributed by atoms with Crippen molar-refractivity contribution in [2.45, 2.75) is 39.3 Å². The maximum absolute atomic E-state index is 12.2. The van der Waals surface area contributed by atoms with Crippen LogP contribution in [0.3, 0.4) is 0 Å². The van der Waals surface area contributed by atoms with Crippen molar-refractivity contribution in [2.75, 3.05) is 19.6 Å². The number of hydrogen-bond acceptors (Lipinski definition) is 3. The van der Waals surface area contributed by atoms with Crippen molar-refractivity contribution >= 4 is 17.5 Å². The Labute approximate surface area is 155 Å². The predicted molar refractivity (Wildman–Crippen MR) is 102 cm³/mol.